The molecule has 0 spiro atoms. The summed E-state index contributed by atoms with van der Waals surface area (Å²) in [6.07, 6.45) is 0. The average molecular weight is 1050 g/mol. The van der Waals surface area contributed by atoms with Crippen LogP contribution in [0.15, 0.2) is 177 Å². The monoisotopic (exact) mass is 1050 g/mol. The van der Waals surface area contributed by atoms with Crippen LogP contribution in [0.3, 0.4) is 0 Å². The van der Waals surface area contributed by atoms with Gasteiger partial charge in [-0.15, -0.1) is 0 Å². The van der Waals surface area contributed by atoms with Crippen LogP contribution >= 0.6 is 47.8 Å². The zero-order chi connectivity index (χ0) is 44.7. The Morgan fingerprint density at radius 1 is 0.299 bits per heavy atom. The minimum atomic E-state index is -0.0273. The van der Waals surface area contributed by atoms with Gasteiger partial charge in [0.25, 0.3) is 20.1 Å². The van der Waals surface area contributed by atoms with E-state index >= 15 is 0 Å². The predicted octanol–water partition coefficient (Wildman–Crippen LogP) is 10.2. The second-order valence-electron chi connectivity index (χ2n) is 18.9. The Bertz CT molecular complexity index is 3330. The van der Waals surface area contributed by atoms with Crippen molar-refractivity contribution in [3.05, 3.63) is 194 Å². The molecule has 0 fully saturated rings. The Balaban J connectivity index is 1.16. The predicted molar refractivity (Wildman–Crippen MR) is 296 cm³/mol. The molecule has 6 aliphatic heterocycles. The zero-order valence-corrected chi connectivity index (χ0v) is 41.5. The Hall–Kier alpha value is -6.19. The van der Waals surface area contributed by atoms with Crippen LogP contribution in [-0.2, 0) is 0 Å². The van der Waals surface area contributed by atoms with Crippen molar-refractivity contribution in [3.63, 3.8) is 0 Å². The van der Waals surface area contributed by atoms with Gasteiger partial charge in [-0.3, -0.25) is 0 Å². The van der Waals surface area contributed by atoms with E-state index in [-0.39, 0.29) is 20.1 Å². The smallest absolute Gasteiger partial charge is 0.252 e. The molecular weight excluding hydrogens is 1010 g/mol. The molecule has 314 valence electrons. The van der Waals surface area contributed by atoms with Gasteiger partial charge in [-0.1, -0.05) is 139 Å². The van der Waals surface area contributed by atoms with Crippen LogP contribution in [-0.4, -0.2) is 20.1 Å². The number of hydrogen-bond acceptors (Lipinski definition) is 4. The Kier molecular flexibility index (Phi) is 7.96. The van der Waals surface area contributed by atoms with Crippen molar-refractivity contribution in [1.29, 1.82) is 0 Å². The van der Waals surface area contributed by atoms with Crippen molar-refractivity contribution < 1.29 is 0 Å². The van der Waals surface area contributed by atoms with Crippen LogP contribution in [0.25, 0.3) is 0 Å². The van der Waals surface area contributed by atoms with E-state index in [1.807, 2.05) is 0 Å². The van der Waals surface area contributed by atoms with Crippen molar-refractivity contribution in [1.82, 2.24) is 0 Å². The lowest BCUT2D eigenvalue weighted by Gasteiger charge is -2.55. The lowest BCUT2D eigenvalue weighted by molar-refractivity contribution is 1.21. The van der Waals surface area contributed by atoms with Crippen molar-refractivity contribution in [2.24, 2.45) is 0 Å². The second kappa shape index (κ2) is 13.7. The molecule has 0 N–H and O–H groups in total. The SMILES string of the molecule is Cc1cc2c3c4c1N(c1ccccc1)c1ccc(Br)cc1B4c1cc(C)c4c5c1N3c1c(cc(C)c3c1B2c1cc(Br)ccc1N3c1ccccc1)B5c1cc(Br)ccc1N4c1ccccc1. The summed E-state index contributed by atoms with van der Waals surface area (Å²) in [6.45, 7) is 6.98. The van der Waals surface area contributed by atoms with Gasteiger partial charge in [0.2, 0.25) is 0 Å². The number of anilines is 12. The third kappa shape index (κ3) is 4.96. The summed E-state index contributed by atoms with van der Waals surface area (Å²) in [4.78, 5) is 10.4. The van der Waals surface area contributed by atoms with Gasteiger partial charge in [-0.2, -0.15) is 0 Å². The van der Waals surface area contributed by atoms with Gasteiger partial charge in [0.1, 0.15) is 0 Å². The molecule has 0 saturated heterocycles. The van der Waals surface area contributed by atoms with E-state index < -0.39 is 0 Å². The van der Waals surface area contributed by atoms with Gasteiger partial charge in [-0.25, -0.2) is 0 Å². The number of halogens is 3. The molecule has 0 atom stereocenters. The number of aryl methyl sites for hydroxylation is 3. The van der Waals surface area contributed by atoms with E-state index in [2.05, 4.69) is 252 Å². The summed E-state index contributed by atoms with van der Waals surface area (Å²) < 4.78 is 3.25. The second-order valence-corrected chi connectivity index (χ2v) is 21.7. The first-order valence-electron chi connectivity index (χ1n) is 23.0. The molecule has 4 nitrogen and oxygen atoms in total. The molecule has 0 saturated carbocycles. The summed E-state index contributed by atoms with van der Waals surface area (Å²) in [6, 6.07) is 61.6. The van der Waals surface area contributed by atoms with Crippen molar-refractivity contribution in [2.75, 3.05) is 19.6 Å². The molecule has 10 heteroatoms. The fourth-order valence-corrected chi connectivity index (χ4v) is 14.4. The highest BCUT2D eigenvalue weighted by atomic mass is 79.9. The highest BCUT2D eigenvalue weighted by Crippen LogP contribution is 2.52. The van der Waals surface area contributed by atoms with Gasteiger partial charge in [0.05, 0.1) is 0 Å². The molecule has 0 unspecified atom stereocenters. The molecule has 67 heavy (non-hydrogen) atoms. The highest BCUT2D eigenvalue weighted by Gasteiger charge is 2.57. The first-order valence-corrected chi connectivity index (χ1v) is 25.4. The van der Waals surface area contributed by atoms with Crippen LogP contribution in [0.1, 0.15) is 16.7 Å². The van der Waals surface area contributed by atoms with E-state index in [9.17, 15) is 0 Å². The quantitative estimate of drug-likeness (QED) is 0.164. The summed E-state index contributed by atoms with van der Waals surface area (Å²) >= 11 is 12.0. The first-order chi connectivity index (χ1) is 32.8. The highest BCUT2D eigenvalue weighted by molar-refractivity contribution is 9.11. The van der Waals surface area contributed by atoms with E-state index in [0.717, 1.165) is 30.5 Å². The maximum Gasteiger partial charge on any atom is 0.252 e. The summed E-state index contributed by atoms with van der Waals surface area (Å²) in [5.74, 6) is 0. The number of fused-ring (bicyclic) bond motifs is 9. The normalized spacial score (nSPS) is 14.5. The molecular formula is C57H36B3Br3N4. The number of nitrogens with zero attached hydrogens (tertiary/aromatic N) is 4. The minimum Gasteiger partial charge on any atom is -0.313 e. The van der Waals surface area contributed by atoms with E-state index in [4.69, 9.17) is 0 Å². The fourth-order valence-electron chi connectivity index (χ4n) is 13.2. The molecule has 0 aromatic heterocycles. The molecule has 15 rings (SSSR count). The number of hydrogen-bond donors (Lipinski definition) is 0. The van der Waals surface area contributed by atoms with Crippen molar-refractivity contribution in [2.45, 2.75) is 20.8 Å². The van der Waals surface area contributed by atoms with Crippen LogP contribution in [0, 0.1) is 20.8 Å². The maximum atomic E-state index is 4.01. The molecule has 9 aromatic rings. The van der Waals surface area contributed by atoms with Crippen LogP contribution in [0.2, 0.25) is 0 Å². The molecule has 0 amide bonds. The average Bonchev–Trinajstić information content (AvgIpc) is 3.34. The van der Waals surface area contributed by atoms with Gasteiger partial charge >= 0.3 is 0 Å². The lowest BCUT2D eigenvalue weighted by Crippen LogP contribution is -2.74. The third-order valence-electron chi connectivity index (χ3n) is 15.4. The van der Waals surface area contributed by atoms with E-state index in [0.29, 0.717) is 0 Å². The van der Waals surface area contributed by atoms with Crippen LogP contribution < -0.4 is 68.8 Å². The number of para-hydroxylation sites is 3. The number of rotatable bonds is 3. The zero-order valence-electron chi connectivity index (χ0n) is 36.7. The lowest BCUT2D eigenvalue weighted by atomic mass is 9.24. The minimum absolute atomic E-state index is 0.0273. The first kappa shape index (κ1) is 38.9. The molecule has 6 aliphatic rings. The van der Waals surface area contributed by atoms with Crippen LogP contribution in [0.4, 0.5) is 68.2 Å². The Morgan fingerprint density at radius 2 is 0.582 bits per heavy atom. The standard InChI is InChI=1S/C57H36B3Br3N4/c1-31-25-43-55-49-52(31)64(37-13-7-4-8-14-37)46-22-19-34(61)28-40(46)59(49)44-26-32(2)54-51-56(44)67(55)57-45(60(51)42-30-36(63)21-24-48(42)66(54)39-17-11-6-12-18-39)27-33(3)53-50(57)58(43)41-29-35(62)20-23-47(41)65(53)38-15-9-5-10-16-38/h4-30H,1-3H3. The van der Waals surface area contributed by atoms with Gasteiger partial charge in [0.15, 0.2) is 0 Å². The van der Waals surface area contributed by atoms with Gasteiger partial charge < -0.3 is 19.6 Å². The molecule has 0 bridgehead atoms. The van der Waals surface area contributed by atoms with Crippen LogP contribution in [0.5, 0.6) is 0 Å². The summed E-state index contributed by atoms with van der Waals surface area (Å²) in [5.41, 5.74) is 31.0. The number of benzene rings is 9. The van der Waals surface area contributed by atoms with Crippen molar-refractivity contribution >= 4 is 185 Å². The van der Waals surface area contributed by atoms with E-state index in [1.54, 1.807) is 0 Å². The third-order valence-corrected chi connectivity index (χ3v) is 16.9. The topological polar surface area (TPSA) is 13.0 Å². The summed E-state index contributed by atoms with van der Waals surface area (Å²) in [5, 5.41) is 0. The fraction of sp³-hybridized carbons (Fsp3) is 0.0526. The largest absolute Gasteiger partial charge is 0.313 e. The molecule has 0 radical (unpaired) electrons. The Labute approximate surface area is 416 Å². The molecule has 9 aromatic carbocycles. The summed E-state index contributed by atoms with van der Waals surface area (Å²) in [7, 11) is 0. The molecule has 0 aliphatic carbocycles. The van der Waals surface area contributed by atoms with Gasteiger partial charge in [-0.05, 0) is 159 Å². The van der Waals surface area contributed by atoms with Crippen molar-refractivity contribution in [3.8, 4) is 0 Å². The van der Waals surface area contributed by atoms with E-state index in [1.165, 1.54) is 117 Å². The maximum absolute atomic E-state index is 4.01. The molecule has 6 heterocycles. The Morgan fingerprint density at radius 3 is 0.866 bits per heavy atom. The van der Waals surface area contributed by atoms with Gasteiger partial charge in [0, 0.05) is 81.7 Å².